The van der Waals surface area contributed by atoms with Crippen molar-refractivity contribution in [2.75, 3.05) is 6.61 Å². The molecule has 0 amide bonds. The summed E-state index contributed by atoms with van der Waals surface area (Å²) < 4.78 is 0. The molecule has 0 radical (unpaired) electrons. The van der Waals surface area contributed by atoms with Crippen LogP contribution in [-0.2, 0) is 0 Å². The van der Waals surface area contributed by atoms with Gasteiger partial charge in [-0.2, -0.15) is 0 Å². The maximum Gasteiger partial charge on any atom is 0.0678 e. The highest BCUT2D eigenvalue weighted by Gasteiger charge is 2.04. The van der Waals surface area contributed by atoms with Gasteiger partial charge in [-0.3, -0.25) is 0 Å². The minimum atomic E-state index is -0.738. The molecule has 0 aliphatic rings. The van der Waals surface area contributed by atoms with Gasteiger partial charge in [0.05, 0.1) is 8.80 Å². The molecule has 1 aromatic rings. The first-order valence-electron chi connectivity index (χ1n) is 4.50. The van der Waals surface area contributed by atoms with E-state index in [1.54, 1.807) is 0 Å². The molecule has 0 aromatic heterocycles. The second kappa shape index (κ2) is 5.12. The zero-order valence-electron chi connectivity index (χ0n) is 7.53. The summed E-state index contributed by atoms with van der Waals surface area (Å²) in [5.41, 5.74) is 0. The molecule has 2 heteroatoms. The van der Waals surface area contributed by atoms with Gasteiger partial charge < -0.3 is 5.11 Å². The van der Waals surface area contributed by atoms with E-state index in [9.17, 15) is 0 Å². The molecule has 12 heavy (non-hydrogen) atoms. The van der Waals surface area contributed by atoms with Crippen molar-refractivity contribution in [3.63, 3.8) is 0 Å². The molecule has 0 bridgehead atoms. The maximum atomic E-state index is 8.68. The van der Waals surface area contributed by atoms with E-state index in [0.717, 1.165) is 6.42 Å². The fourth-order valence-electron chi connectivity index (χ4n) is 1.35. The van der Waals surface area contributed by atoms with Crippen molar-refractivity contribution in [2.24, 2.45) is 0 Å². The Labute approximate surface area is 75.7 Å². The number of aliphatic hydroxyl groups excluding tert-OH is 1. The lowest BCUT2D eigenvalue weighted by Gasteiger charge is -2.08. The minimum absolute atomic E-state index is 0.337. The molecule has 0 spiro atoms. The lowest BCUT2D eigenvalue weighted by molar-refractivity contribution is 0.294. The zero-order chi connectivity index (χ0) is 8.81. The van der Waals surface area contributed by atoms with E-state index in [2.05, 4.69) is 36.9 Å². The standard InChI is InChI=1S/C10H16OSi/c1-12(9-5-8-11)10-6-3-2-4-7-10/h2-4,6-7,11-12H,5,8-9H2,1H3. The molecule has 1 aromatic carbocycles. The monoisotopic (exact) mass is 180 g/mol. The van der Waals surface area contributed by atoms with Crippen molar-refractivity contribution in [3.8, 4) is 0 Å². The summed E-state index contributed by atoms with van der Waals surface area (Å²) in [6.07, 6.45) is 0.961. The van der Waals surface area contributed by atoms with Gasteiger partial charge in [0, 0.05) is 6.61 Å². The number of rotatable bonds is 4. The van der Waals surface area contributed by atoms with E-state index in [1.807, 2.05) is 0 Å². The van der Waals surface area contributed by atoms with Gasteiger partial charge in [-0.15, -0.1) is 0 Å². The van der Waals surface area contributed by atoms with Crippen LogP contribution in [0.4, 0.5) is 0 Å². The Bertz CT molecular complexity index is 210. The molecule has 1 atom stereocenters. The minimum Gasteiger partial charge on any atom is -0.396 e. The Morgan fingerprint density at radius 1 is 1.25 bits per heavy atom. The summed E-state index contributed by atoms with van der Waals surface area (Å²) in [5, 5.41) is 10.2. The predicted octanol–water partition coefficient (Wildman–Crippen LogP) is 1.13. The van der Waals surface area contributed by atoms with Gasteiger partial charge in [-0.1, -0.05) is 48.1 Å². The van der Waals surface area contributed by atoms with Gasteiger partial charge in [0.1, 0.15) is 0 Å². The van der Waals surface area contributed by atoms with Crippen molar-refractivity contribution in [1.29, 1.82) is 0 Å². The van der Waals surface area contributed by atoms with Gasteiger partial charge in [-0.25, -0.2) is 0 Å². The van der Waals surface area contributed by atoms with Crippen LogP contribution in [0.3, 0.4) is 0 Å². The average Bonchev–Trinajstić information content (AvgIpc) is 2.15. The van der Waals surface area contributed by atoms with Crippen LogP contribution in [0, 0.1) is 0 Å². The summed E-state index contributed by atoms with van der Waals surface area (Å²) in [6, 6.07) is 11.9. The number of benzene rings is 1. The maximum absolute atomic E-state index is 8.68. The summed E-state index contributed by atoms with van der Waals surface area (Å²) in [6.45, 7) is 2.68. The Hall–Kier alpha value is -0.603. The largest absolute Gasteiger partial charge is 0.396 e. The van der Waals surface area contributed by atoms with Crippen LogP contribution in [-0.4, -0.2) is 20.5 Å². The first-order chi connectivity index (χ1) is 5.84. The van der Waals surface area contributed by atoms with E-state index in [4.69, 9.17) is 5.11 Å². The number of aliphatic hydroxyl groups is 1. The van der Waals surface area contributed by atoms with Crippen molar-refractivity contribution in [2.45, 2.75) is 19.0 Å². The number of hydrogen-bond acceptors (Lipinski definition) is 1. The quantitative estimate of drug-likeness (QED) is 0.689. The lowest BCUT2D eigenvalue weighted by atomic mass is 10.4. The molecule has 1 rings (SSSR count). The van der Waals surface area contributed by atoms with Crippen molar-refractivity contribution < 1.29 is 5.11 Å². The van der Waals surface area contributed by atoms with E-state index in [0.29, 0.717) is 6.61 Å². The van der Waals surface area contributed by atoms with Gasteiger partial charge in [0.15, 0.2) is 0 Å². The van der Waals surface area contributed by atoms with Crippen molar-refractivity contribution in [3.05, 3.63) is 30.3 Å². The summed E-state index contributed by atoms with van der Waals surface area (Å²) in [5.74, 6) is 0. The van der Waals surface area contributed by atoms with Crippen LogP contribution in [0.15, 0.2) is 30.3 Å². The summed E-state index contributed by atoms with van der Waals surface area (Å²) in [4.78, 5) is 0. The highest BCUT2D eigenvalue weighted by Crippen LogP contribution is 1.97. The molecule has 0 saturated carbocycles. The lowest BCUT2D eigenvalue weighted by Crippen LogP contribution is -2.25. The molecule has 66 valence electrons. The Morgan fingerprint density at radius 3 is 2.50 bits per heavy atom. The van der Waals surface area contributed by atoms with Crippen LogP contribution < -0.4 is 5.19 Å². The molecule has 0 aliphatic heterocycles. The molecule has 0 saturated heterocycles. The molecule has 0 heterocycles. The fraction of sp³-hybridized carbons (Fsp3) is 0.400. The molecule has 0 aliphatic carbocycles. The SMILES string of the molecule is C[SiH](CCCO)c1ccccc1. The Kier molecular flexibility index (Phi) is 4.04. The topological polar surface area (TPSA) is 20.2 Å². The third-order valence-electron chi connectivity index (χ3n) is 2.16. The van der Waals surface area contributed by atoms with Crippen LogP contribution in [0.2, 0.25) is 12.6 Å². The van der Waals surface area contributed by atoms with E-state index in [1.165, 1.54) is 11.2 Å². The Morgan fingerprint density at radius 2 is 1.92 bits per heavy atom. The van der Waals surface area contributed by atoms with Gasteiger partial charge in [0.2, 0.25) is 0 Å². The highest BCUT2D eigenvalue weighted by molar-refractivity contribution is 6.71. The molecule has 1 unspecified atom stereocenters. The van der Waals surface area contributed by atoms with E-state index >= 15 is 0 Å². The molecule has 1 nitrogen and oxygen atoms in total. The van der Waals surface area contributed by atoms with Crippen LogP contribution in [0.5, 0.6) is 0 Å². The third kappa shape index (κ3) is 2.79. The smallest absolute Gasteiger partial charge is 0.0678 e. The Balaban J connectivity index is 2.48. The molecular weight excluding hydrogens is 164 g/mol. The third-order valence-corrected chi connectivity index (χ3v) is 4.96. The zero-order valence-corrected chi connectivity index (χ0v) is 8.69. The second-order valence-electron chi connectivity index (χ2n) is 3.18. The summed E-state index contributed by atoms with van der Waals surface area (Å²) >= 11 is 0. The fourth-order valence-corrected chi connectivity index (χ4v) is 3.35. The van der Waals surface area contributed by atoms with Gasteiger partial charge >= 0.3 is 0 Å². The van der Waals surface area contributed by atoms with Gasteiger partial charge in [-0.05, 0) is 6.42 Å². The molecular formula is C10H16OSi. The van der Waals surface area contributed by atoms with E-state index < -0.39 is 8.80 Å². The molecule has 0 fully saturated rings. The van der Waals surface area contributed by atoms with Crippen LogP contribution in [0.25, 0.3) is 0 Å². The average molecular weight is 180 g/mol. The normalized spacial score (nSPS) is 12.8. The molecule has 1 N–H and O–H groups in total. The number of hydrogen-bond donors (Lipinski definition) is 1. The van der Waals surface area contributed by atoms with Gasteiger partial charge in [0.25, 0.3) is 0 Å². The highest BCUT2D eigenvalue weighted by atomic mass is 28.3. The summed E-state index contributed by atoms with van der Waals surface area (Å²) in [7, 11) is -0.738. The van der Waals surface area contributed by atoms with E-state index in [-0.39, 0.29) is 0 Å². The first kappa shape index (κ1) is 9.48. The van der Waals surface area contributed by atoms with Crippen molar-refractivity contribution >= 4 is 14.0 Å². The predicted molar refractivity (Wildman–Crippen MR) is 55.6 cm³/mol. The van der Waals surface area contributed by atoms with Crippen LogP contribution >= 0.6 is 0 Å². The second-order valence-corrected chi connectivity index (χ2v) is 6.22. The first-order valence-corrected chi connectivity index (χ1v) is 7.05. The van der Waals surface area contributed by atoms with Crippen molar-refractivity contribution in [1.82, 2.24) is 0 Å². The van der Waals surface area contributed by atoms with Crippen LogP contribution in [0.1, 0.15) is 6.42 Å².